The molecule has 3 heterocycles. The molecule has 0 bridgehead atoms. The van der Waals surface area contributed by atoms with Gasteiger partial charge in [-0.15, -0.1) is 0 Å². The van der Waals surface area contributed by atoms with Crippen LogP contribution >= 0.6 is 0 Å². The molecule has 8 aromatic rings. The molecule has 44 heavy (non-hydrogen) atoms. The molecule has 0 aliphatic rings. The fourth-order valence-electron chi connectivity index (χ4n) is 6.11. The molecule has 0 radical (unpaired) electrons. The van der Waals surface area contributed by atoms with Gasteiger partial charge in [-0.25, -0.2) is 9.36 Å². The third-order valence-electron chi connectivity index (χ3n) is 8.05. The van der Waals surface area contributed by atoms with Crippen LogP contribution in [0.25, 0.3) is 54.9 Å². The lowest BCUT2D eigenvalue weighted by Gasteiger charge is -2.21. The summed E-state index contributed by atoms with van der Waals surface area (Å²) in [5.41, 5.74) is 1.59. The number of hydrogen-bond donors (Lipinski definition) is 1. The number of benzene rings is 5. The summed E-state index contributed by atoms with van der Waals surface area (Å²) in [4.78, 5) is 40.2. The Bertz CT molecular complexity index is 2520. The maximum absolute atomic E-state index is 13.6. The molecular formula is C35H22N2O7. The molecule has 0 unspecified atom stereocenters. The van der Waals surface area contributed by atoms with Gasteiger partial charge in [-0.05, 0) is 29.3 Å². The van der Waals surface area contributed by atoms with Gasteiger partial charge in [0, 0.05) is 17.8 Å². The van der Waals surface area contributed by atoms with E-state index < -0.39 is 23.3 Å². The summed E-state index contributed by atoms with van der Waals surface area (Å²) in [5, 5.41) is 11.5. The first-order chi connectivity index (χ1) is 21.4. The minimum atomic E-state index is -1.33. The summed E-state index contributed by atoms with van der Waals surface area (Å²) in [6, 6.07) is 31.2. The summed E-state index contributed by atoms with van der Waals surface area (Å²) < 4.78 is 21.2. The maximum atomic E-state index is 13.6. The van der Waals surface area contributed by atoms with Crippen LogP contribution in [0.5, 0.6) is 5.75 Å². The van der Waals surface area contributed by atoms with Gasteiger partial charge in [0.15, 0.2) is 22.3 Å². The van der Waals surface area contributed by atoms with Crippen molar-refractivity contribution in [3.05, 3.63) is 135 Å². The highest BCUT2D eigenvalue weighted by atomic mass is 16.5. The molecule has 214 valence electrons. The van der Waals surface area contributed by atoms with E-state index in [2.05, 4.69) is 0 Å². The van der Waals surface area contributed by atoms with Crippen molar-refractivity contribution in [2.75, 3.05) is 0 Å². The quantitative estimate of drug-likeness (QED) is 0.218. The number of carboxylic acid groups (broad SMARTS) is 1. The fraction of sp³-hybridized carbons (Fsp3) is 0.0571. The van der Waals surface area contributed by atoms with Crippen LogP contribution in [-0.4, -0.2) is 20.3 Å². The van der Waals surface area contributed by atoms with E-state index in [-0.39, 0.29) is 44.1 Å². The van der Waals surface area contributed by atoms with Crippen LogP contribution in [0, 0.1) is 0 Å². The third kappa shape index (κ3) is 3.56. The highest BCUT2D eigenvalue weighted by molar-refractivity contribution is 6.31. The number of carbonyl (C=O) groups is 1. The zero-order valence-corrected chi connectivity index (χ0v) is 23.2. The van der Waals surface area contributed by atoms with Crippen molar-refractivity contribution in [2.24, 2.45) is 7.05 Å². The molecule has 0 saturated heterocycles. The molecule has 9 heteroatoms. The highest BCUT2D eigenvalue weighted by Crippen LogP contribution is 2.44. The smallest absolute Gasteiger partial charge is 0.416 e. The second kappa shape index (κ2) is 9.47. The number of hydrogen-bond acceptors (Lipinski definition) is 6. The molecule has 9 nitrogen and oxygen atoms in total. The number of aromatic nitrogens is 2. The van der Waals surface area contributed by atoms with E-state index in [0.717, 1.165) is 20.3 Å². The molecule has 0 spiro atoms. The minimum Gasteiger partial charge on any atom is -0.479 e. The summed E-state index contributed by atoms with van der Waals surface area (Å²) in [6.07, 6.45) is -1.91. The Hall–Kier alpha value is -6.09. The van der Waals surface area contributed by atoms with Crippen LogP contribution in [0.2, 0.25) is 0 Å². The standard InChI is InChI=1S/C35H22N2O7/c1-36-33(38)26-25-21-15-10-18-24(44-30(19-11-4-2-5-12-19)20-13-6-3-7-14-20)28(21)37(35(40)41)29(25)32-31(27(26)34(36)39)42-22-16-8-9-17-23(22)43-32/h2-18,30H,1H3,(H,40,41). The lowest BCUT2D eigenvalue weighted by atomic mass is 10.0. The lowest BCUT2D eigenvalue weighted by Crippen LogP contribution is -2.21. The number of para-hydroxylation sites is 3. The van der Waals surface area contributed by atoms with E-state index in [1.54, 1.807) is 42.5 Å². The first kappa shape index (κ1) is 25.6. The van der Waals surface area contributed by atoms with E-state index in [9.17, 15) is 19.5 Å². The van der Waals surface area contributed by atoms with Gasteiger partial charge in [0.1, 0.15) is 28.3 Å². The second-order valence-electron chi connectivity index (χ2n) is 10.5. The molecule has 0 fully saturated rings. The predicted molar refractivity (Wildman–Crippen MR) is 167 cm³/mol. The lowest BCUT2D eigenvalue weighted by molar-refractivity contribution is 0.198. The van der Waals surface area contributed by atoms with Gasteiger partial charge in [-0.2, -0.15) is 0 Å². The summed E-state index contributed by atoms with van der Waals surface area (Å²) in [7, 11) is 1.38. The Morgan fingerprint density at radius 1 is 0.682 bits per heavy atom. The third-order valence-corrected chi connectivity index (χ3v) is 8.05. The summed E-state index contributed by atoms with van der Waals surface area (Å²) in [6.45, 7) is 0. The maximum Gasteiger partial charge on any atom is 0.416 e. The Morgan fingerprint density at radius 2 is 1.25 bits per heavy atom. The molecule has 1 N–H and O–H groups in total. The number of ether oxygens (including phenoxy) is 1. The van der Waals surface area contributed by atoms with Gasteiger partial charge >= 0.3 is 6.09 Å². The van der Waals surface area contributed by atoms with E-state index in [0.29, 0.717) is 16.6 Å². The van der Waals surface area contributed by atoms with Crippen LogP contribution in [-0.2, 0) is 7.05 Å². The van der Waals surface area contributed by atoms with Crippen molar-refractivity contribution in [1.82, 2.24) is 9.13 Å². The van der Waals surface area contributed by atoms with Gasteiger partial charge in [-0.3, -0.25) is 14.2 Å². The Labute approximate surface area is 247 Å². The average molecular weight is 583 g/mol. The van der Waals surface area contributed by atoms with Gasteiger partial charge < -0.3 is 18.7 Å². The zero-order valence-electron chi connectivity index (χ0n) is 23.2. The summed E-state index contributed by atoms with van der Waals surface area (Å²) >= 11 is 0. The number of rotatable bonds is 4. The summed E-state index contributed by atoms with van der Waals surface area (Å²) in [5.74, 6) is 0.267. The zero-order chi connectivity index (χ0) is 30.1. The van der Waals surface area contributed by atoms with Crippen molar-refractivity contribution in [3.63, 3.8) is 0 Å². The SMILES string of the molecule is Cn1c(=O)c2c3oc4ccccc4oc3c3c(c4cccc(OC(c5ccccc5)c5ccccc5)c4n3C(=O)O)c2c1=O. The molecule has 3 aromatic heterocycles. The van der Waals surface area contributed by atoms with Crippen LogP contribution < -0.4 is 15.9 Å². The Balaban J connectivity index is 1.55. The van der Waals surface area contributed by atoms with E-state index >= 15 is 0 Å². The molecular weight excluding hydrogens is 560 g/mol. The normalized spacial score (nSPS) is 11.9. The average Bonchev–Trinajstić information content (AvgIpc) is 3.52. The topological polar surface area (TPSA) is 117 Å². The Morgan fingerprint density at radius 3 is 1.86 bits per heavy atom. The van der Waals surface area contributed by atoms with Crippen LogP contribution in [0.1, 0.15) is 17.2 Å². The molecule has 0 amide bonds. The van der Waals surface area contributed by atoms with Crippen LogP contribution in [0.3, 0.4) is 0 Å². The highest BCUT2D eigenvalue weighted by Gasteiger charge is 2.30. The Kier molecular flexibility index (Phi) is 5.51. The van der Waals surface area contributed by atoms with E-state index in [1.807, 2.05) is 60.7 Å². The van der Waals surface area contributed by atoms with Crippen LogP contribution in [0.15, 0.2) is 122 Å². The second-order valence-corrected chi connectivity index (χ2v) is 10.5. The molecule has 0 atom stereocenters. The fourth-order valence-corrected chi connectivity index (χ4v) is 6.11. The van der Waals surface area contributed by atoms with Gasteiger partial charge in [0.05, 0.1) is 5.39 Å². The van der Waals surface area contributed by atoms with Gasteiger partial charge in [0.2, 0.25) is 0 Å². The largest absolute Gasteiger partial charge is 0.479 e. The molecule has 0 aliphatic carbocycles. The first-order valence-corrected chi connectivity index (χ1v) is 13.9. The predicted octanol–water partition coefficient (Wildman–Crippen LogP) is 7.19. The van der Waals surface area contributed by atoms with E-state index in [4.69, 9.17) is 13.6 Å². The van der Waals surface area contributed by atoms with Crippen LogP contribution in [0.4, 0.5) is 4.79 Å². The van der Waals surface area contributed by atoms with Crippen molar-refractivity contribution in [1.29, 1.82) is 0 Å². The van der Waals surface area contributed by atoms with Gasteiger partial charge in [0.25, 0.3) is 11.1 Å². The van der Waals surface area contributed by atoms with E-state index in [1.165, 1.54) is 7.05 Å². The molecule has 0 saturated carbocycles. The first-order valence-electron chi connectivity index (χ1n) is 13.9. The number of nitrogens with zero attached hydrogens (tertiary/aromatic N) is 2. The molecule has 5 aromatic carbocycles. The monoisotopic (exact) mass is 582 g/mol. The van der Waals surface area contributed by atoms with Crippen molar-refractivity contribution < 1.29 is 23.5 Å². The van der Waals surface area contributed by atoms with Crippen molar-refractivity contribution in [3.8, 4) is 5.75 Å². The number of fused-ring (bicyclic) bond motifs is 9. The minimum absolute atomic E-state index is 0.00637. The van der Waals surface area contributed by atoms with Crippen molar-refractivity contribution >= 4 is 61.0 Å². The molecule has 8 rings (SSSR count). The molecule has 0 aliphatic heterocycles. The van der Waals surface area contributed by atoms with Crippen molar-refractivity contribution in [2.45, 2.75) is 6.10 Å². The van der Waals surface area contributed by atoms with Gasteiger partial charge in [-0.1, -0.05) is 84.9 Å².